The van der Waals surface area contributed by atoms with Crippen molar-refractivity contribution in [1.29, 1.82) is 0 Å². The maximum Gasteiger partial charge on any atom is 0.243 e. The third-order valence-electron chi connectivity index (χ3n) is 5.23. The number of nitrogens with one attached hydrogen (secondary N) is 1. The average Bonchev–Trinajstić information content (AvgIpc) is 2.81. The number of halogens is 1. The second-order valence-electron chi connectivity index (χ2n) is 7.85. The Morgan fingerprint density at radius 2 is 1.67 bits per heavy atom. The molecule has 172 valence electrons. The van der Waals surface area contributed by atoms with E-state index in [0.29, 0.717) is 24.5 Å². The van der Waals surface area contributed by atoms with E-state index in [4.69, 9.17) is 11.6 Å². The first kappa shape index (κ1) is 24.9. The number of nitrogens with zero attached hydrogens (tertiary/aromatic N) is 1. The van der Waals surface area contributed by atoms with Crippen molar-refractivity contribution in [3.05, 3.63) is 101 Å². The normalized spacial score (nSPS) is 11.6. The van der Waals surface area contributed by atoms with E-state index >= 15 is 0 Å². The molecule has 2 amide bonds. The van der Waals surface area contributed by atoms with Crippen LogP contribution in [0.5, 0.6) is 0 Å². The van der Waals surface area contributed by atoms with E-state index in [9.17, 15) is 9.59 Å². The van der Waals surface area contributed by atoms with Crippen LogP contribution >= 0.6 is 23.4 Å². The largest absolute Gasteiger partial charge is 0.355 e. The highest BCUT2D eigenvalue weighted by atomic mass is 35.5. The Kier molecular flexibility index (Phi) is 9.40. The maximum absolute atomic E-state index is 13.5. The summed E-state index contributed by atoms with van der Waals surface area (Å²) in [6.45, 7) is 4.80. The molecule has 0 spiro atoms. The molecule has 1 N–H and O–H groups in total. The highest BCUT2D eigenvalue weighted by Crippen LogP contribution is 2.23. The van der Waals surface area contributed by atoms with Gasteiger partial charge in [0, 0.05) is 29.4 Å². The molecule has 33 heavy (non-hydrogen) atoms. The van der Waals surface area contributed by atoms with Crippen molar-refractivity contribution in [2.45, 2.75) is 37.8 Å². The van der Waals surface area contributed by atoms with Crippen LogP contribution in [0.2, 0.25) is 5.02 Å². The van der Waals surface area contributed by atoms with Crippen LogP contribution in [0.1, 0.15) is 23.6 Å². The molecule has 3 rings (SSSR count). The lowest BCUT2D eigenvalue weighted by atomic mass is 10.0. The first-order valence-electron chi connectivity index (χ1n) is 11.0. The number of hydrogen-bond acceptors (Lipinski definition) is 3. The van der Waals surface area contributed by atoms with Crippen molar-refractivity contribution < 1.29 is 9.59 Å². The van der Waals surface area contributed by atoms with Crippen LogP contribution in [0, 0.1) is 6.92 Å². The van der Waals surface area contributed by atoms with E-state index in [1.165, 1.54) is 11.8 Å². The predicted molar refractivity (Wildman–Crippen MR) is 137 cm³/mol. The van der Waals surface area contributed by atoms with Crippen molar-refractivity contribution in [2.75, 3.05) is 12.3 Å². The van der Waals surface area contributed by atoms with Gasteiger partial charge in [-0.15, -0.1) is 11.8 Å². The van der Waals surface area contributed by atoms with Gasteiger partial charge in [-0.2, -0.15) is 0 Å². The standard InChI is InChI=1S/C27H29ClN2O2S/c1-3-29-27(32)25(17-21-9-5-4-6-10-21)30(18-22-11-7-8-20(2)16-22)26(31)19-33-24-14-12-23(28)13-15-24/h4-16,25H,3,17-19H2,1-2H3,(H,29,32). The lowest BCUT2D eigenvalue weighted by Crippen LogP contribution is -2.51. The fraction of sp³-hybridized carbons (Fsp3) is 0.259. The first-order valence-corrected chi connectivity index (χ1v) is 12.4. The minimum atomic E-state index is -0.605. The van der Waals surface area contributed by atoms with Crippen LogP contribution in [0.3, 0.4) is 0 Å². The zero-order valence-corrected chi connectivity index (χ0v) is 20.5. The summed E-state index contributed by atoms with van der Waals surface area (Å²) in [6.07, 6.45) is 0.454. The Balaban J connectivity index is 1.88. The summed E-state index contributed by atoms with van der Waals surface area (Å²) in [5.74, 6) is 0.0144. The molecule has 1 atom stereocenters. The summed E-state index contributed by atoms with van der Waals surface area (Å²) in [5.41, 5.74) is 3.14. The number of likely N-dealkylation sites (N-methyl/N-ethyl adjacent to an activating group) is 1. The molecular formula is C27H29ClN2O2S. The summed E-state index contributed by atoms with van der Waals surface area (Å²) in [7, 11) is 0. The van der Waals surface area contributed by atoms with Crippen molar-refractivity contribution in [1.82, 2.24) is 10.2 Å². The van der Waals surface area contributed by atoms with E-state index < -0.39 is 6.04 Å². The van der Waals surface area contributed by atoms with Crippen LogP contribution in [-0.4, -0.2) is 35.1 Å². The molecule has 0 bridgehead atoms. The van der Waals surface area contributed by atoms with Crippen LogP contribution < -0.4 is 5.32 Å². The van der Waals surface area contributed by atoms with Gasteiger partial charge in [0.25, 0.3) is 0 Å². The summed E-state index contributed by atoms with van der Waals surface area (Å²) in [6, 6.07) is 24.7. The SMILES string of the molecule is CCNC(=O)C(Cc1ccccc1)N(Cc1cccc(C)c1)C(=O)CSc1ccc(Cl)cc1. The van der Waals surface area contributed by atoms with Crippen LogP contribution in [-0.2, 0) is 22.6 Å². The number of rotatable bonds is 10. The number of benzene rings is 3. The fourth-order valence-electron chi connectivity index (χ4n) is 3.61. The number of carbonyl (C=O) groups is 2. The van der Waals surface area contributed by atoms with Crippen LogP contribution in [0.15, 0.2) is 83.8 Å². The van der Waals surface area contributed by atoms with Gasteiger partial charge in [0.05, 0.1) is 5.75 Å². The number of carbonyl (C=O) groups excluding carboxylic acids is 2. The number of thioether (sulfide) groups is 1. The van der Waals surface area contributed by atoms with E-state index in [2.05, 4.69) is 11.4 Å². The molecule has 0 saturated carbocycles. The highest BCUT2D eigenvalue weighted by Gasteiger charge is 2.30. The Hall–Kier alpha value is -2.76. The molecule has 0 aromatic heterocycles. The third-order valence-corrected chi connectivity index (χ3v) is 6.48. The number of amides is 2. The monoisotopic (exact) mass is 480 g/mol. The van der Waals surface area contributed by atoms with Crippen molar-refractivity contribution in [2.24, 2.45) is 0 Å². The molecule has 0 radical (unpaired) electrons. The van der Waals surface area contributed by atoms with Gasteiger partial charge in [-0.1, -0.05) is 71.8 Å². The molecular weight excluding hydrogens is 452 g/mol. The Bertz CT molecular complexity index is 1060. The summed E-state index contributed by atoms with van der Waals surface area (Å²) < 4.78 is 0. The molecule has 3 aromatic carbocycles. The second kappa shape index (κ2) is 12.5. The second-order valence-corrected chi connectivity index (χ2v) is 9.34. The molecule has 3 aromatic rings. The van der Waals surface area contributed by atoms with Gasteiger partial charge < -0.3 is 10.2 Å². The van der Waals surface area contributed by atoms with E-state index in [0.717, 1.165) is 21.6 Å². The summed E-state index contributed by atoms with van der Waals surface area (Å²) in [4.78, 5) is 29.3. The number of aryl methyl sites for hydroxylation is 1. The van der Waals surface area contributed by atoms with Crippen molar-refractivity contribution in [3.8, 4) is 0 Å². The first-order chi connectivity index (χ1) is 16.0. The minimum Gasteiger partial charge on any atom is -0.355 e. The molecule has 0 aliphatic carbocycles. The zero-order valence-electron chi connectivity index (χ0n) is 19.0. The minimum absolute atomic E-state index is 0.0800. The third kappa shape index (κ3) is 7.65. The van der Waals surface area contributed by atoms with Gasteiger partial charge in [0.1, 0.15) is 6.04 Å². The van der Waals surface area contributed by atoms with Gasteiger partial charge in [-0.3, -0.25) is 9.59 Å². The molecule has 0 aliphatic rings. The summed E-state index contributed by atoms with van der Waals surface area (Å²) >= 11 is 7.43. The molecule has 6 heteroatoms. The van der Waals surface area contributed by atoms with Gasteiger partial charge >= 0.3 is 0 Å². The maximum atomic E-state index is 13.5. The van der Waals surface area contributed by atoms with Gasteiger partial charge in [-0.25, -0.2) is 0 Å². The predicted octanol–water partition coefficient (Wildman–Crippen LogP) is 5.52. The molecule has 0 heterocycles. The lowest BCUT2D eigenvalue weighted by molar-refractivity contribution is -0.139. The van der Waals surface area contributed by atoms with Crippen molar-refractivity contribution in [3.63, 3.8) is 0 Å². The average molecular weight is 481 g/mol. The van der Waals surface area contributed by atoms with E-state index in [1.807, 2.05) is 86.6 Å². The van der Waals surface area contributed by atoms with Gasteiger partial charge in [0.15, 0.2) is 0 Å². The van der Waals surface area contributed by atoms with E-state index in [1.54, 1.807) is 4.90 Å². The van der Waals surface area contributed by atoms with Crippen molar-refractivity contribution >= 4 is 35.2 Å². The lowest BCUT2D eigenvalue weighted by Gasteiger charge is -2.31. The zero-order chi connectivity index (χ0) is 23.6. The van der Waals surface area contributed by atoms with Crippen LogP contribution in [0.4, 0.5) is 0 Å². The fourth-order valence-corrected chi connectivity index (χ4v) is 4.52. The smallest absolute Gasteiger partial charge is 0.243 e. The Morgan fingerprint density at radius 1 is 0.970 bits per heavy atom. The van der Waals surface area contributed by atoms with Gasteiger partial charge in [0.2, 0.25) is 11.8 Å². The molecule has 0 aliphatic heterocycles. The van der Waals surface area contributed by atoms with Crippen LogP contribution in [0.25, 0.3) is 0 Å². The summed E-state index contributed by atoms with van der Waals surface area (Å²) in [5, 5.41) is 3.58. The molecule has 1 unspecified atom stereocenters. The highest BCUT2D eigenvalue weighted by molar-refractivity contribution is 8.00. The number of hydrogen-bond donors (Lipinski definition) is 1. The quantitative estimate of drug-likeness (QED) is 0.389. The molecule has 0 saturated heterocycles. The Morgan fingerprint density at radius 3 is 2.33 bits per heavy atom. The van der Waals surface area contributed by atoms with E-state index in [-0.39, 0.29) is 17.6 Å². The van der Waals surface area contributed by atoms with Gasteiger partial charge in [-0.05, 0) is 49.2 Å². The topological polar surface area (TPSA) is 49.4 Å². The molecule has 0 fully saturated rings. The Labute approximate surface area is 205 Å². The molecule has 4 nitrogen and oxygen atoms in total.